The molecule has 0 spiro atoms. The van der Waals surface area contributed by atoms with Crippen LogP contribution >= 0.6 is 0 Å². The molecule has 2 aromatic rings. The fraction of sp³-hybridized carbons (Fsp3) is 0.0625. The number of anilines is 1. The maximum atomic E-state index is 12.2. The van der Waals surface area contributed by atoms with Gasteiger partial charge in [0.25, 0.3) is 0 Å². The topological polar surface area (TPSA) is 59.1 Å². The zero-order valence-electron chi connectivity index (χ0n) is 11.0. The Bertz CT molecular complexity index is 649. The number of nitrogens with zero attached hydrogens (tertiary/aromatic N) is 1. The van der Waals surface area contributed by atoms with E-state index in [4.69, 9.17) is 0 Å². The average Bonchev–Trinajstić information content (AvgIpc) is 2.46. The molecule has 4 nitrogen and oxygen atoms in total. The van der Waals surface area contributed by atoms with E-state index in [9.17, 15) is 9.59 Å². The number of ketones is 1. The lowest BCUT2D eigenvalue weighted by Gasteiger charge is -2.06. The second-order valence-corrected chi connectivity index (χ2v) is 4.21. The van der Waals surface area contributed by atoms with Crippen LogP contribution in [0.5, 0.6) is 0 Å². The van der Waals surface area contributed by atoms with E-state index in [-0.39, 0.29) is 11.7 Å². The summed E-state index contributed by atoms with van der Waals surface area (Å²) in [5.41, 5.74) is 1.82. The summed E-state index contributed by atoms with van der Waals surface area (Å²) < 4.78 is 0. The molecule has 100 valence electrons. The molecule has 20 heavy (non-hydrogen) atoms. The number of nitrogens with one attached hydrogen (secondary N) is 1. The third-order valence-electron chi connectivity index (χ3n) is 2.61. The second-order valence-electron chi connectivity index (χ2n) is 4.21. The van der Waals surface area contributed by atoms with Gasteiger partial charge < -0.3 is 5.32 Å². The van der Waals surface area contributed by atoms with E-state index < -0.39 is 0 Å². The maximum absolute atomic E-state index is 12.2. The molecule has 0 fully saturated rings. The Morgan fingerprint density at radius 3 is 2.65 bits per heavy atom. The molecule has 2 rings (SSSR count). The van der Waals surface area contributed by atoms with Crippen LogP contribution in [0.2, 0.25) is 0 Å². The number of hydrogen-bond acceptors (Lipinski definition) is 3. The van der Waals surface area contributed by atoms with Crippen molar-refractivity contribution in [3.05, 3.63) is 66.0 Å². The van der Waals surface area contributed by atoms with E-state index in [1.807, 2.05) is 6.07 Å². The lowest BCUT2D eigenvalue weighted by molar-refractivity contribution is -0.114. The third kappa shape index (κ3) is 3.62. The van der Waals surface area contributed by atoms with Crippen molar-refractivity contribution < 1.29 is 9.59 Å². The number of para-hydroxylation sites is 1. The van der Waals surface area contributed by atoms with Gasteiger partial charge in [0.05, 0.1) is 5.69 Å². The molecular weight excluding hydrogens is 252 g/mol. The number of benzene rings is 1. The van der Waals surface area contributed by atoms with Crippen LogP contribution in [-0.4, -0.2) is 16.7 Å². The number of carbonyl (C=O) groups is 2. The number of rotatable bonds is 4. The lowest BCUT2D eigenvalue weighted by Crippen LogP contribution is -2.09. The van der Waals surface area contributed by atoms with Crippen molar-refractivity contribution in [1.29, 1.82) is 0 Å². The van der Waals surface area contributed by atoms with Crippen LogP contribution in [0.4, 0.5) is 5.69 Å². The Morgan fingerprint density at radius 2 is 1.95 bits per heavy atom. The molecule has 4 heteroatoms. The van der Waals surface area contributed by atoms with Crippen LogP contribution in [0.25, 0.3) is 6.08 Å². The summed E-state index contributed by atoms with van der Waals surface area (Å²) in [6.45, 7) is 1.41. The molecule has 1 heterocycles. The molecule has 1 aromatic heterocycles. The molecule has 0 saturated heterocycles. The Hall–Kier alpha value is -2.75. The fourth-order valence-corrected chi connectivity index (χ4v) is 1.73. The van der Waals surface area contributed by atoms with Crippen molar-refractivity contribution in [1.82, 2.24) is 4.98 Å². The standard InChI is InChI=1S/C16H14N2O2/c1-12(19)18-15-7-3-2-6-14(15)16(20)9-8-13-5-4-10-17-11-13/h2-11H,1H3,(H,18,19). The van der Waals surface area contributed by atoms with Gasteiger partial charge in [-0.15, -0.1) is 0 Å². The summed E-state index contributed by atoms with van der Waals surface area (Å²) in [5.74, 6) is -0.375. The minimum atomic E-state index is -0.207. The van der Waals surface area contributed by atoms with E-state index in [0.29, 0.717) is 11.3 Å². The first kappa shape index (κ1) is 13.7. The SMILES string of the molecule is CC(=O)Nc1ccccc1C(=O)C=Cc1cccnc1. The maximum Gasteiger partial charge on any atom is 0.221 e. The van der Waals surface area contributed by atoms with Gasteiger partial charge in [0.15, 0.2) is 5.78 Å². The predicted molar refractivity (Wildman–Crippen MR) is 78.3 cm³/mol. The zero-order valence-corrected chi connectivity index (χ0v) is 11.0. The minimum Gasteiger partial charge on any atom is -0.326 e. The quantitative estimate of drug-likeness (QED) is 0.683. The number of carbonyl (C=O) groups excluding carboxylic acids is 2. The van der Waals surface area contributed by atoms with Crippen molar-refractivity contribution in [2.45, 2.75) is 6.92 Å². The predicted octanol–water partition coefficient (Wildman–Crippen LogP) is 2.94. The molecule has 0 radical (unpaired) electrons. The van der Waals surface area contributed by atoms with E-state index in [2.05, 4.69) is 10.3 Å². The first-order valence-electron chi connectivity index (χ1n) is 6.16. The molecule has 1 aromatic carbocycles. The van der Waals surface area contributed by atoms with E-state index in [1.165, 1.54) is 13.0 Å². The molecule has 0 aliphatic carbocycles. The molecule has 0 saturated carbocycles. The van der Waals surface area contributed by atoms with Crippen molar-refractivity contribution in [3.8, 4) is 0 Å². The molecule has 0 atom stereocenters. The second kappa shape index (κ2) is 6.43. The smallest absolute Gasteiger partial charge is 0.221 e. The van der Waals surface area contributed by atoms with Crippen LogP contribution in [0.1, 0.15) is 22.8 Å². The van der Waals surface area contributed by atoms with Crippen LogP contribution in [-0.2, 0) is 4.79 Å². The van der Waals surface area contributed by atoms with Crippen LogP contribution in [0, 0.1) is 0 Å². The van der Waals surface area contributed by atoms with Gasteiger partial charge in [0.2, 0.25) is 5.91 Å². The number of hydrogen-bond donors (Lipinski definition) is 1. The van der Waals surface area contributed by atoms with Gasteiger partial charge in [0.1, 0.15) is 0 Å². The highest BCUT2D eigenvalue weighted by Crippen LogP contribution is 2.16. The summed E-state index contributed by atoms with van der Waals surface area (Å²) in [6.07, 6.45) is 6.51. The third-order valence-corrected chi connectivity index (χ3v) is 2.61. The zero-order chi connectivity index (χ0) is 14.4. The highest BCUT2D eigenvalue weighted by atomic mass is 16.1. The van der Waals surface area contributed by atoms with Gasteiger partial charge in [-0.3, -0.25) is 14.6 Å². The highest BCUT2D eigenvalue weighted by molar-refractivity contribution is 6.11. The monoisotopic (exact) mass is 266 g/mol. The number of pyridine rings is 1. The van der Waals surface area contributed by atoms with Crippen LogP contribution in [0.15, 0.2) is 54.9 Å². The van der Waals surface area contributed by atoms with Crippen molar-refractivity contribution in [2.24, 2.45) is 0 Å². The first-order valence-corrected chi connectivity index (χ1v) is 6.16. The Labute approximate surface area is 117 Å². The summed E-state index contributed by atoms with van der Waals surface area (Å²) in [7, 11) is 0. The van der Waals surface area contributed by atoms with Crippen LogP contribution in [0.3, 0.4) is 0 Å². The molecule has 0 unspecified atom stereocenters. The average molecular weight is 266 g/mol. The lowest BCUT2D eigenvalue weighted by atomic mass is 10.1. The number of allylic oxidation sites excluding steroid dienone is 1. The largest absolute Gasteiger partial charge is 0.326 e. The fourth-order valence-electron chi connectivity index (χ4n) is 1.73. The Balaban J connectivity index is 2.21. The van der Waals surface area contributed by atoms with Crippen LogP contribution < -0.4 is 5.32 Å². The van der Waals surface area contributed by atoms with Gasteiger partial charge in [-0.05, 0) is 35.9 Å². The molecule has 0 aliphatic rings. The first-order chi connectivity index (χ1) is 9.66. The van der Waals surface area contributed by atoms with Gasteiger partial charge in [0, 0.05) is 24.9 Å². The summed E-state index contributed by atoms with van der Waals surface area (Å²) in [4.78, 5) is 27.3. The van der Waals surface area contributed by atoms with Gasteiger partial charge in [-0.1, -0.05) is 18.2 Å². The highest BCUT2D eigenvalue weighted by Gasteiger charge is 2.08. The summed E-state index contributed by atoms with van der Waals surface area (Å²) >= 11 is 0. The molecule has 1 amide bonds. The normalized spacial score (nSPS) is 10.4. The summed E-state index contributed by atoms with van der Waals surface area (Å²) in [6, 6.07) is 10.6. The Kier molecular flexibility index (Phi) is 4.39. The molecule has 1 N–H and O–H groups in total. The number of aromatic nitrogens is 1. The summed E-state index contributed by atoms with van der Waals surface area (Å²) in [5, 5.41) is 2.65. The van der Waals surface area contributed by atoms with Crippen molar-refractivity contribution in [3.63, 3.8) is 0 Å². The number of amides is 1. The van der Waals surface area contributed by atoms with Gasteiger partial charge in [-0.25, -0.2) is 0 Å². The molecule has 0 bridgehead atoms. The van der Waals surface area contributed by atoms with Gasteiger partial charge in [-0.2, -0.15) is 0 Å². The van der Waals surface area contributed by atoms with E-state index >= 15 is 0 Å². The molecule has 0 aliphatic heterocycles. The van der Waals surface area contributed by atoms with Crippen molar-refractivity contribution >= 4 is 23.5 Å². The van der Waals surface area contributed by atoms with Gasteiger partial charge >= 0.3 is 0 Å². The van der Waals surface area contributed by atoms with Crippen molar-refractivity contribution in [2.75, 3.05) is 5.32 Å². The van der Waals surface area contributed by atoms with E-state index in [0.717, 1.165) is 5.56 Å². The molecular formula is C16H14N2O2. The Morgan fingerprint density at radius 1 is 1.15 bits per heavy atom. The minimum absolute atomic E-state index is 0.168. The van der Waals surface area contributed by atoms with E-state index in [1.54, 1.807) is 48.8 Å².